The Kier molecular flexibility index (Phi) is 5.36. The van der Waals surface area contributed by atoms with Gasteiger partial charge in [0.2, 0.25) is 5.91 Å². The van der Waals surface area contributed by atoms with Gasteiger partial charge in [0.15, 0.2) is 0 Å². The average Bonchev–Trinajstić information content (AvgIpc) is 2.01. The van der Waals surface area contributed by atoms with Crippen LogP contribution in [0.4, 0.5) is 0 Å². The van der Waals surface area contributed by atoms with Crippen molar-refractivity contribution in [3.05, 3.63) is 12.2 Å². The Morgan fingerprint density at radius 3 is 2.43 bits per heavy atom. The fourth-order valence-corrected chi connectivity index (χ4v) is 0.913. The van der Waals surface area contributed by atoms with Gasteiger partial charge < -0.3 is 10.5 Å². The van der Waals surface area contributed by atoms with Crippen molar-refractivity contribution in [1.82, 2.24) is 0 Å². The van der Waals surface area contributed by atoms with Crippen LogP contribution in [0.3, 0.4) is 0 Å². The number of hydrogen-bond acceptors (Lipinski definition) is 4. The number of ether oxygens (including phenoxy) is 1. The minimum Gasteiger partial charge on any atom is -0.380 e. The minimum atomic E-state index is -3.98. The number of carbonyl (C=O) groups is 1. The van der Waals surface area contributed by atoms with Crippen LogP contribution in [0.5, 0.6) is 0 Å². The highest BCUT2D eigenvalue weighted by Gasteiger charge is 2.04. The normalized spacial score (nSPS) is 11.2. The largest absolute Gasteiger partial charge is 0.380 e. The molecule has 0 aromatic carbocycles. The molecule has 0 radical (unpaired) electrons. The predicted octanol–water partition coefficient (Wildman–Crippen LogP) is -0.678. The lowest BCUT2D eigenvalue weighted by Gasteiger charge is -2.02. The number of carbonyl (C=O) groups excluding carboxylic acids is 1. The summed E-state index contributed by atoms with van der Waals surface area (Å²) in [7, 11) is -3.98. The minimum absolute atomic E-state index is 0.120. The van der Waals surface area contributed by atoms with E-state index in [-0.39, 0.29) is 25.2 Å². The van der Waals surface area contributed by atoms with Crippen LogP contribution in [0.1, 0.15) is 6.42 Å². The van der Waals surface area contributed by atoms with Gasteiger partial charge in [-0.1, -0.05) is 6.58 Å². The smallest absolute Gasteiger partial charge is 0.267 e. The van der Waals surface area contributed by atoms with Gasteiger partial charge in [-0.15, -0.1) is 0 Å². The molecule has 0 aromatic rings. The van der Waals surface area contributed by atoms with Crippen molar-refractivity contribution >= 4 is 16.0 Å². The number of hydrogen-bond donors (Lipinski definition) is 2. The van der Waals surface area contributed by atoms with Gasteiger partial charge >= 0.3 is 0 Å². The highest BCUT2D eigenvalue weighted by atomic mass is 32.2. The summed E-state index contributed by atoms with van der Waals surface area (Å²) in [6.07, 6.45) is 0.251. The fourth-order valence-electron chi connectivity index (χ4n) is 0.585. The van der Waals surface area contributed by atoms with Crippen molar-refractivity contribution in [1.29, 1.82) is 0 Å². The first kappa shape index (κ1) is 13.1. The van der Waals surface area contributed by atoms with Crippen LogP contribution in [0.15, 0.2) is 12.2 Å². The van der Waals surface area contributed by atoms with E-state index in [1.165, 1.54) is 0 Å². The number of primary amides is 1. The van der Waals surface area contributed by atoms with E-state index in [0.29, 0.717) is 0 Å². The molecule has 3 N–H and O–H groups in total. The summed E-state index contributed by atoms with van der Waals surface area (Å²) in [6.45, 7) is 3.41. The third-order valence-electron chi connectivity index (χ3n) is 1.38. The topological polar surface area (TPSA) is 107 Å². The molecule has 0 aliphatic heterocycles. The zero-order valence-electron chi connectivity index (χ0n) is 7.60. The summed E-state index contributed by atoms with van der Waals surface area (Å²) in [4.78, 5) is 10.5. The van der Waals surface area contributed by atoms with E-state index in [4.69, 9.17) is 15.0 Å². The first-order valence-corrected chi connectivity index (χ1v) is 5.44. The Morgan fingerprint density at radius 2 is 2.00 bits per heavy atom. The monoisotopic (exact) mass is 223 g/mol. The highest BCUT2D eigenvalue weighted by molar-refractivity contribution is 7.85. The van der Waals surface area contributed by atoms with E-state index in [2.05, 4.69) is 6.58 Å². The Bertz CT molecular complexity index is 308. The maximum Gasteiger partial charge on any atom is 0.267 e. The molecule has 0 rings (SSSR count). The molecule has 0 aliphatic rings. The third kappa shape index (κ3) is 7.71. The Labute approximate surface area is 82.5 Å². The van der Waals surface area contributed by atoms with Crippen molar-refractivity contribution < 1.29 is 22.5 Å². The molecule has 0 saturated carbocycles. The molecule has 0 heterocycles. The lowest BCUT2D eigenvalue weighted by molar-refractivity contribution is -0.114. The van der Waals surface area contributed by atoms with Gasteiger partial charge in [0.05, 0.1) is 19.0 Å². The van der Waals surface area contributed by atoms with E-state index in [1.54, 1.807) is 0 Å². The molecular formula is C7H13NO5S. The highest BCUT2D eigenvalue weighted by Crippen LogP contribution is 1.96. The van der Waals surface area contributed by atoms with Gasteiger partial charge in [0.25, 0.3) is 10.1 Å². The van der Waals surface area contributed by atoms with Gasteiger partial charge in [-0.2, -0.15) is 8.42 Å². The predicted molar refractivity (Wildman–Crippen MR) is 50.2 cm³/mol. The second-order valence-corrected chi connectivity index (χ2v) is 4.19. The zero-order chi connectivity index (χ0) is 11.2. The summed E-state index contributed by atoms with van der Waals surface area (Å²) in [5, 5.41) is 0. The van der Waals surface area contributed by atoms with E-state index in [1.807, 2.05) is 0 Å². The molecule has 0 bridgehead atoms. The van der Waals surface area contributed by atoms with Gasteiger partial charge in [0.1, 0.15) is 0 Å². The number of amides is 1. The SMILES string of the molecule is C=C(CCOCCS(=O)(=O)O)C(N)=O. The summed E-state index contributed by atoms with van der Waals surface area (Å²) in [5.74, 6) is -1.07. The first-order chi connectivity index (χ1) is 6.33. The maximum atomic E-state index is 10.5. The lowest BCUT2D eigenvalue weighted by Crippen LogP contribution is -2.16. The third-order valence-corrected chi connectivity index (χ3v) is 2.06. The molecule has 0 unspecified atom stereocenters. The average molecular weight is 223 g/mol. The second kappa shape index (κ2) is 5.74. The van der Waals surface area contributed by atoms with Crippen LogP contribution in [0.2, 0.25) is 0 Å². The van der Waals surface area contributed by atoms with Gasteiger partial charge in [0, 0.05) is 12.0 Å². The van der Waals surface area contributed by atoms with Crippen LogP contribution in [-0.4, -0.2) is 37.8 Å². The first-order valence-electron chi connectivity index (χ1n) is 3.83. The molecule has 0 aromatic heterocycles. The summed E-state index contributed by atoms with van der Waals surface area (Å²) in [6, 6.07) is 0. The molecule has 0 aliphatic carbocycles. The van der Waals surface area contributed by atoms with E-state index in [0.717, 1.165) is 0 Å². The molecule has 0 saturated heterocycles. The number of rotatable bonds is 7. The fraction of sp³-hybridized carbons (Fsp3) is 0.571. The molecule has 1 amide bonds. The molecule has 0 spiro atoms. The Hall–Kier alpha value is -0.920. The molecular weight excluding hydrogens is 210 g/mol. The molecule has 14 heavy (non-hydrogen) atoms. The van der Waals surface area contributed by atoms with Crippen LogP contribution >= 0.6 is 0 Å². The van der Waals surface area contributed by atoms with Crippen molar-refractivity contribution in [2.45, 2.75) is 6.42 Å². The summed E-state index contributed by atoms with van der Waals surface area (Å²) < 4.78 is 33.6. The summed E-state index contributed by atoms with van der Waals surface area (Å²) in [5.41, 5.74) is 5.11. The molecule has 82 valence electrons. The maximum absolute atomic E-state index is 10.5. The molecule has 7 heteroatoms. The van der Waals surface area contributed by atoms with Crippen molar-refractivity contribution in [2.75, 3.05) is 19.0 Å². The van der Waals surface area contributed by atoms with Gasteiger partial charge in [-0.25, -0.2) is 0 Å². The lowest BCUT2D eigenvalue weighted by atomic mass is 10.2. The van der Waals surface area contributed by atoms with E-state index in [9.17, 15) is 13.2 Å². The van der Waals surface area contributed by atoms with Crippen LogP contribution in [0.25, 0.3) is 0 Å². The number of nitrogens with two attached hydrogens (primary N) is 1. The Balaban J connectivity index is 3.49. The van der Waals surface area contributed by atoms with Crippen molar-refractivity contribution in [3.63, 3.8) is 0 Å². The standard InChI is InChI=1S/C7H13NO5S/c1-6(7(8)9)2-3-13-4-5-14(10,11)12/h1-5H2,(H2,8,9)(H,10,11,12). The van der Waals surface area contributed by atoms with Crippen molar-refractivity contribution in [3.8, 4) is 0 Å². The quantitative estimate of drug-likeness (QED) is 0.338. The van der Waals surface area contributed by atoms with Crippen molar-refractivity contribution in [2.24, 2.45) is 5.73 Å². The Morgan fingerprint density at radius 1 is 1.43 bits per heavy atom. The van der Waals surface area contributed by atoms with Crippen LogP contribution in [-0.2, 0) is 19.6 Å². The van der Waals surface area contributed by atoms with Gasteiger partial charge in [-0.05, 0) is 0 Å². The molecule has 0 fully saturated rings. The molecule has 6 nitrogen and oxygen atoms in total. The second-order valence-electron chi connectivity index (χ2n) is 2.62. The summed E-state index contributed by atoms with van der Waals surface area (Å²) >= 11 is 0. The zero-order valence-corrected chi connectivity index (χ0v) is 8.42. The van der Waals surface area contributed by atoms with E-state index >= 15 is 0 Å². The van der Waals surface area contributed by atoms with Crippen LogP contribution in [0, 0.1) is 0 Å². The van der Waals surface area contributed by atoms with Gasteiger partial charge in [-0.3, -0.25) is 9.35 Å². The van der Waals surface area contributed by atoms with E-state index < -0.39 is 21.8 Å². The molecule has 0 atom stereocenters. The van der Waals surface area contributed by atoms with Crippen LogP contribution < -0.4 is 5.73 Å².